The molecular weight excluding hydrogens is 433 g/mol. The molecule has 1 amide bonds. The van der Waals surface area contributed by atoms with Crippen LogP contribution in [-0.4, -0.2) is 27.2 Å². The predicted molar refractivity (Wildman–Crippen MR) is 106 cm³/mol. The molecule has 2 rings (SSSR count). The lowest BCUT2D eigenvalue weighted by Crippen LogP contribution is -2.27. The Kier molecular flexibility index (Phi) is 6.52. The third-order valence-corrected chi connectivity index (χ3v) is 4.81. The summed E-state index contributed by atoms with van der Waals surface area (Å²) in [6.07, 6.45) is 0. The van der Waals surface area contributed by atoms with Gasteiger partial charge in [-0.25, -0.2) is 0 Å². The minimum Gasteiger partial charge on any atom is -0.496 e. The zero-order chi connectivity index (χ0) is 18.6. The number of benzene rings is 2. The summed E-state index contributed by atoms with van der Waals surface area (Å²) in [6, 6.07) is 9.18. The van der Waals surface area contributed by atoms with Gasteiger partial charge in [0.25, 0.3) is 5.91 Å². The monoisotopic (exact) mass is 455 g/mol. The highest BCUT2D eigenvalue weighted by molar-refractivity contribution is 14.1. The molecule has 0 aromatic heterocycles. The van der Waals surface area contributed by atoms with Gasteiger partial charge >= 0.3 is 0 Å². The van der Waals surface area contributed by atoms with Crippen LogP contribution in [0.4, 0.5) is 0 Å². The summed E-state index contributed by atoms with van der Waals surface area (Å²) in [5.41, 5.74) is 2.58. The fourth-order valence-corrected chi connectivity index (χ4v) is 3.26. The molecule has 0 spiro atoms. The van der Waals surface area contributed by atoms with E-state index < -0.39 is 0 Å². The highest BCUT2D eigenvalue weighted by Gasteiger charge is 2.19. The number of halogens is 1. The smallest absolute Gasteiger partial charge is 0.252 e. The topological polar surface area (TPSA) is 56.8 Å². The first-order valence-corrected chi connectivity index (χ1v) is 8.86. The standard InChI is InChI=1S/C19H22INO4/c1-11-6-7-16(23-3)13(8-11)12(2)21-19(22)14-9-17(24-4)18(25-5)10-15(14)20/h6-10,12H,1-5H3,(H,21,22). The Bertz CT molecular complexity index is 776. The van der Waals surface area contributed by atoms with Crippen LogP contribution >= 0.6 is 22.6 Å². The Hall–Kier alpha value is -1.96. The zero-order valence-electron chi connectivity index (χ0n) is 15.0. The van der Waals surface area contributed by atoms with Crippen LogP contribution < -0.4 is 19.5 Å². The third kappa shape index (κ3) is 4.36. The average Bonchev–Trinajstić information content (AvgIpc) is 2.61. The number of rotatable bonds is 6. The van der Waals surface area contributed by atoms with Gasteiger partial charge in [0.15, 0.2) is 11.5 Å². The molecule has 0 radical (unpaired) electrons. The van der Waals surface area contributed by atoms with Crippen LogP contribution in [0.15, 0.2) is 30.3 Å². The maximum Gasteiger partial charge on any atom is 0.252 e. The summed E-state index contributed by atoms with van der Waals surface area (Å²) in [7, 11) is 4.74. The molecule has 0 aliphatic carbocycles. The molecule has 0 heterocycles. The van der Waals surface area contributed by atoms with Crippen molar-refractivity contribution in [3.8, 4) is 17.2 Å². The number of amides is 1. The van der Waals surface area contributed by atoms with Crippen LogP contribution in [0, 0.1) is 10.5 Å². The molecule has 1 N–H and O–H groups in total. The van der Waals surface area contributed by atoms with E-state index >= 15 is 0 Å². The van der Waals surface area contributed by atoms with Crippen LogP contribution in [-0.2, 0) is 0 Å². The highest BCUT2D eigenvalue weighted by Crippen LogP contribution is 2.32. The molecule has 1 atom stereocenters. The third-order valence-electron chi connectivity index (χ3n) is 3.92. The molecule has 0 bridgehead atoms. The van der Waals surface area contributed by atoms with E-state index in [4.69, 9.17) is 14.2 Å². The van der Waals surface area contributed by atoms with E-state index in [9.17, 15) is 4.79 Å². The molecule has 5 nitrogen and oxygen atoms in total. The van der Waals surface area contributed by atoms with Crippen molar-refractivity contribution in [2.75, 3.05) is 21.3 Å². The van der Waals surface area contributed by atoms with Gasteiger partial charge in [0, 0.05) is 9.13 Å². The van der Waals surface area contributed by atoms with Gasteiger partial charge in [-0.1, -0.05) is 17.7 Å². The number of aryl methyl sites for hydroxylation is 1. The summed E-state index contributed by atoms with van der Waals surface area (Å²) >= 11 is 2.12. The molecule has 2 aromatic rings. The van der Waals surface area contributed by atoms with Crippen molar-refractivity contribution < 1.29 is 19.0 Å². The summed E-state index contributed by atoms with van der Waals surface area (Å²) in [6.45, 7) is 3.94. The number of hydrogen-bond donors (Lipinski definition) is 1. The van der Waals surface area contributed by atoms with Crippen molar-refractivity contribution in [1.82, 2.24) is 5.32 Å². The van der Waals surface area contributed by atoms with Crippen molar-refractivity contribution in [3.63, 3.8) is 0 Å². The molecule has 0 saturated heterocycles. The number of methoxy groups -OCH3 is 3. The molecule has 0 saturated carbocycles. The van der Waals surface area contributed by atoms with Gasteiger partial charge in [-0.05, 0) is 54.6 Å². The van der Waals surface area contributed by atoms with Crippen LogP contribution in [0.2, 0.25) is 0 Å². The molecule has 0 fully saturated rings. The molecule has 134 valence electrons. The molecule has 0 aliphatic heterocycles. The van der Waals surface area contributed by atoms with Gasteiger partial charge in [-0.2, -0.15) is 0 Å². The lowest BCUT2D eigenvalue weighted by Gasteiger charge is -2.19. The van der Waals surface area contributed by atoms with Crippen molar-refractivity contribution in [1.29, 1.82) is 0 Å². The summed E-state index contributed by atoms with van der Waals surface area (Å²) in [5.74, 6) is 1.69. The first-order chi connectivity index (χ1) is 11.9. The van der Waals surface area contributed by atoms with Gasteiger partial charge in [-0.15, -0.1) is 0 Å². The minimum atomic E-state index is -0.203. The first kappa shape index (κ1) is 19.4. The highest BCUT2D eigenvalue weighted by atomic mass is 127. The SMILES string of the molecule is COc1cc(I)c(C(=O)NC(C)c2cc(C)ccc2OC)cc1OC. The van der Waals surface area contributed by atoms with Crippen molar-refractivity contribution in [2.24, 2.45) is 0 Å². The number of ether oxygens (including phenoxy) is 3. The van der Waals surface area contributed by atoms with Crippen molar-refractivity contribution in [2.45, 2.75) is 19.9 Å². The summed E-state index contributed by atoms with van der Waals surface area (Å²) in [5, 5.41) is 3.02. The Labute approximate surface area is 161 Å². The van der Waals surface area contributed by atoms with Gasteiger partial charge in [-0.3, -0.25) is 4.79 Å². The van der Waals surface area contributed by atoms with Gasteiger partial charge in [0.05, 0.1) is 32.9 Å². The summed E-state index contributed by atoms with van der Waals surface area (Å²) < 4.78 is 16.8. The van der Waals surface area contributed by atoms with E-state index in [0.29, 0.717) is 17.1 Å². The van der Waals surface area contributed by atoms with Gasteiger partial charge in [0.2, 0.25) is 0 Å². The second-order valence-corrected chi connectivity index (χ2v) is 6.79. The van der Waals surface area contributed by atoms with Gasteiger partial charge < -0.3 is 19.5 Å². The Morgan fingerprint density at radius 3 is 2.20 bits per heavy atom. The molecule has 2 aromatic carbocycles. The van der Waals surface area contributed by atoms with Crippen LogP contribution in [0.1, 0.15) is 34.5 Å². The van der Waals surface area contributed by atoms with Crippen molar-refractivity contribution in [3.05, 3.63) is 50.6 Å². The normalized spacial score (nSPS) is 11.6. The lowest BCUT2D eigenvalue weighted by molar-refractivity contribution is 0.0938. The molecular formula is C19H22INO4. The maximum atomic E-state index is 12.7. The Morgan fingerprint density at radius 1 is 1.00 bits per heavy atom. The Morgan fingerprint density at radius 2 is 1.60 bits per heavy atom. The quantitative estimate of drug-likeness (QED) is 0.667. The zero-order valence-corrected chi connectivity index (χ0v) is 17.1. The van der Waals surface area contributed by atoms with Crippen LogP contribution in [0.5, 0.6) is 17.2 Å². The van der Waals surface area contributed by atoms with E-state index in [1.807, 2.05) is 32.0 Å². The number of nitrogens with one attached hydrogen (secondary N) is 1. The van der Waals surface area contributed by atoms with Crippen molar-refractivity contribution >= 4 is 28.5 Å². The minimum absolute atomic E-state index is 0.179. The fourth-order valence-electron chi connectivity index (χ4n) is 2.57. The largest absolute Gasteiger partial charge is 0.496 e. The molecule has 6 heteroatoms. The van der Waals surface area contributed by atoms with Crippen LogP contribution in [0.25, 0.3) is 0 Å². The molecule has 25 heavy (non-hydrogen) atoms. The van der Waals surface area contributed by atoms with E-state index in [2.05, 4.69) is 27.9 Å². The lowest BCUT2D eigenvalue weighted by atomic mass is 10.0. The van der Waals surface area contributed by atoms with Gasteiger partial charge in [0.1, 0.15) is 5.75 Å². The molecule has 1 unspecified atom stereocenters. The average molecular weight is 455 g/mol. The predicted octanol–water partition coefficient (Wildman–Crippen LogP) is 4.12. The molecule has 0 aliphatic rings. The van der Waals surface area contributed by atoms with E-state index in [1.54, 1.807) is 33.5 Å². The van der Waals surface area contributed by atoms with E-state index in [0.717, 1.165) is 20.4 Å². The van der Waals surface area contributed by atoms with E-state index in [-0.39, 0.29) is 11.9 Å². The number of hydrogen-bond acceptors (Lipinski definition) is 4. The second kappa shape index (κ2) is 8.42. The van der Waals surface area contributed by atoms with Crippen LogP contribution in [0.3, 0.4) is 0 Å². The number of carbonyl (C=O) groups is 1. The Balaban J connectivity index is 2.29. The fraction of sp³-hybridized carbons (Fsp3) is 0.316. The summed E-state index contributed by atoms with van der Waals surface area (Å²) in [4.78, 5) is 12.7. The second-order valence-electron chi connectivity index (χ2n) is 5.63. The first-order valence-electron chi connectivity index (χ1n) is 7.78. The van der Waals surface area contributed by atoms with E-state index in [1.165, 1.54) is 0 Å². The maximum absolute atomic E-state index is 12.7. The number of carbonyl (C=O) groups excluding carboxylic acids is 1.